The third-order valence-electron chi connectivity index (χ3n) is 1.24. The monoisotopic (exact) mass is 176 g/mol. The quantitative estimate of drug-likeness (QED) is 0.467. The average molecular weight is 176 g/mol. The van der Waals surface area contributed by atoms with E-state index in [1.54, 1.807) is 5.38 Å². The molecule has 0 atom stereocenters. The lowest BCUT2D eigenvalue weighted by atomic mass is 10.2. The van der Waals surface area contributed by atoms with Crippen LogP contribution < -0.4 is 0 Å². The Morgan fingerprint density at radius 3 is 2.09 bits per heavy atom. The Bertz CT molecular complexity index is 208. The molecule has 0 bridgehead atoms. The van der Waals surface area contributed by atoms with Crippen molar-refractivity contribution in [3.8, 4) is 0 Å². The molecule has 0 aliphatic rings. The van der Waals surface area contributed by atoms with Crippen LogP contribution in [0.2, 0.25) is 0 Å². The predicted octanol–water partition coefficient (Wildman–Crippen LogP) is -0.285. The van der Waals surface area contributed by atoms with Crippen LogP contribution in [-0.4, -0.2) is 20.4 Å². The SMILES string of the molecule is OC(O)c1ccsc1C(O)O. The third-order valence-corrected chi connectivity index (χ3v) is 2.21. The highest BCUT2D eigenvalue weighted by molar-refractivity contribution is 7.10. The van der Waals surface area contributed by atoms with E-state index in [4.69, 9.17) is 20.4 Å². The van der Waals surface area contributed by atoms with Gasteiger partial charge in [-0.15, -0.1) is 11.3 Å². The molecule has 4 N–H and O–H groups in total. The molecule has 0 aliphatic heterocycles. The molecule has 5 heteroatoms. The lowest BCUT2D eigenvalue weighted by molar-refractivity contribution is -0.0609. The van der Waals surface area contributed by atoms with Crippen molar-refractivity contribution < 1.29 is 20.4 Å². The first kappa shape index (κ1) is 8.63. The molecule has 62 valence electrons. The van der Waals surface area contributed by atoms with Crippen molar-refractivity contribution in [1.29, 1.82) is 0 Å². The Hall–Kier alpha value is -0.460. The summed E-state index contributed by atoms with van der Waals surface area (Å²) in [6.07, 6.45) is -3.27. The number of aliphatic hydroxyl groups is 4. The Kier molecular flexibility index (Phi) is 2.58. The van der Waals surface area contributed by atoms with Gasteiger partial charge in [-0.25, -0.2) is 0 Å². The first-order valence-corrected chi connectivity index (χ1v) is 3.80. The zero-order chi connectivity index (χ0) is 8.43. The van der Waals surface area contributed by atoms with E-state index in [1.165, 1.54) is 6.07 Å². The fourth-order valence-corrected chi connectivity index (χ4v) is 1.55. The maximum Gasteiger partial charge on any atom is 0.188 e. The van der Waals surface area contributed by atoms with Gasteiger partial charge in [-0.3, -0.25) is 0 Å². The predicted molar refractivity (Wildman–Crippen MR) is 38.7 cm³/mol. The molecule has 0 radical (unpaired) electrons. The molecule has 11 heavy (non-hydrogen) atoms. The van der Waals surface area contributed by atoms with Crippen LogP contribution in [0, 0.1) is 0 Å². The normalized spacial score (nSPS) is 11.5. The molecule has 0 saturated carbocycles. The summed E-state index contributed by atoms with van der Waals surface area (Å²) in [6.45, 7) is 0. The maximum atomic E-state index is 8.69. The summed E-state index contributed by atoms with van der Waals surface area (Å²) < 4.78 is 0. The Morgan fingerprint density at radius 2 is 1.73 bits per heavy atom. The first-order valence-electron chi connectivity index (χ1n) is 2.92. The fraction of sp³-hybridized carbons (Fsp3) is 0.333. The maximum absolute atomic E-state index is 8.69. The molecule has 0 unspecified atom stereocenters. The average Bonchev–Trinajstić information content (AvgIpc) is 2.32. The lowest BCUT2D eigenvalue weighted by Gasteiger charge is -2.05. The molecule has 0 amide bonds. The summed E-state index contributed by atoms with van der Waals surface area (Å²) >= 11 is 1.07. The summed E-state index contributed by atoms with van der Waals surface area (Å²) in [4.78, 5) is 0.167. The molecule has 1 aromatic heterocycles. The van der Waals surface area contributed by atoms with Crippen molar-refractivity contribution in [2.24, 2.45) is 0 Å². The molecular formula is C6H8O4S. The van der Waals surface area contributed by atoms with Crippen LogP contribution in [0.3, 0.4) is 0 Å². The van der Waals surface area contributed by atoms with Gasteiger partial charge in [0.25, 0.3) is 0 Å². The molecule has 1 rings (SSSR count). The van der Waals surface area contributed by atoms with Crippen LogP contribution in [0.5, 0.6) is 0 Å². The topological polar surface area (TPSA) is 80.9 Å². The summed E-state index contributed by atoms with van der Waals surface area (Å²) in [5.41, 5.74) is 0.144. The van der Waals surface area contributed by atoms with Crippen LogP contribution in [0.25, 0.3) is 0 Å². The van der Waals surface area contributed by atoms with Gasteiger partial charge in [-0.1, -0.05) is 0 Å². The van der Waals surface area contributed by atoms with Gasteiger partial charge in [0.05, 0.1) is 4.88 Å². The molecule has 0 fully saturated rings. The smallest absolute Gasteiger partial charge is 0.188 e. The molecule has 0 saturated heterocycles. The number of rotatable bonds is 2. The zero-order valence-corrected chi connectivity index (χ0v) is 6.32. The van der Waals surface area contributed by atoms with Crippen molar-refractivity contribution in [3.05, 3.63) is 21.9 Å². The second kappa shape index (κ2) is 3.29. The van der Waals surface area contributed by atoms with Crippen molar-refractivity contribution >= 4 is 11.3 Å². The van der Waals surface area contributed by atoms with E-state index in [9.17, 15) is 0 Å². The Labute approximate surface area is 67.0 Å². The largest absolute Gasteiger partial charge is 0.364 e. The molecule has 0 aliphatic carbocycles. The van der Waals surface area contributed by atoms with Gasteiger partial charge in [0, 0.05) is 5.56 Å². The molecule has 1 heterocycles. The van der Waals surface area contributed by atoms with Crippen LogP contribution in [0.15, 0.2) is 11.4 Å². The van der Waals surface area contributed by atoms with Crippen LogP contribution in [0.4, 0.5) is 0 Å². The van der Waals surface area contributed by atoms with Crippen molar-refractivity contribution in [3.63, 3.8) is 0 Å². The first-order chi connectivity index (χ1) is 5.13. The summed E-state index contributed by atoms with van der Waals surface area (Å²) in [5.74, 6) is 0. The van der Waals surface area contributed by atoms with Gasteiger partial charge < -0.3 is 20.4 Å². The molecule has 0 aromatic carbocycles. The van der Waals surface area contributed by atoms with E-state index < -0.39 is 12.6 Å². The second-order valence-corrected chi connectivity index (χ2v) is 2.94. The minimum Gasteiger partial charge on any atom is -0.364 e. The Balaban J connectivity index is 2.96. The van der Waals surface area contributed by atoms with Gasteiger partial charge >= 0.3 is 0 Å². The van der Waals surface area contributed by atoms with Gasteiger partial charge in [0.2, 0.25) is 0 Å². The zero-order valence-electron chi connectivity index (χ0n) is 5.51. The van der Waals surface area contributed by atoms with Gasteiger partial charge in [-0.2, -0.15) is 0 Å². The molecule has 4 nitrogen and oxygen atoms in total. The highest BCUT2D eigenvalue weighted by Crippen LogP contribution is 2.26. The highest BCUT2D eigenvalue weighted by atomic mass is 32.1. The van der Waals surface area contributed by atoms with Gasteiger partial charge in [0.1, 0.15) is 0 Å². The van der Waals surface area contributed by atoms with Crippen LogP contribution in [0.1, 0.15) is 23.0 Å². The standard InChI is InChI=1S/C6H8O4S/c7-5(8)3-1-2-11-4(3)6(9)10/h1-2,5-10H. The van der Waals surface area contributed by atoms with E-state index in [2.05, 4.69) is 0 Å². The lowest BCUT2D eigenvalue weighted by Crippen LogP contribution is -2.00. The number of hydrogen-bond acceptors (Lipinski definition) is 5. The number of hydrogen-bond donors (Lipinski definition) is 4. The number of thiophene rings is 1. The van der Waals surface area contributed by atoms with Gasteiger partial charge in [0.15, 0.2) is 12.6 Å². The second-order valence-electron chi connectivity index (χ2n) is 1.99. The molecule has 1 aromatic rings. The Morgan fingerprint density at radius 1 is 1.09 bits per heavy atom. The van der Waals surface area contributed by atoms with E-state index >= 15 is 0 Å². The summed E-state index contributed by atoms with van der Waals surface area (Å²) in [5, 5.41) is 36.3. The third kappa shape index (κ3) is 1.76. The summed E-state index contributed by atoms with van der Waals surface area (Å²) in [7, 11) is 0. The van der Waals surface area contributed by atoms with E-state index in [1.807, 2.05) is 0 Å². The van der Waals surface area contributed by atoms with Crippen molar-refractivity contribution in [1.82, 2.24) is 0 Å². The van der Waals surface area contributed by atoms with Crippen molar-refractivity contribution in [2.45, 2.75) is 12.6 Å². The van der Waals surface area contributed by atoms with Gasteiger partial charge in [-0.05, 0) is 11.4 Å². The summed E-state index contributed by atoms with van der Waals surface area (Å²) in [6, 6.07) is 1.43. The molecule has 0 spiro atoms. The van der Waals surface area contributed by atoms with E-state index in [-0.39, 0.29) is 10.4 Å². The van der Waals surface area contributed by atoms with Crippen LogP contribution >= 0.6 is 11.3 Å². The van der Waals surface area contributed by atoms with Crippen LogP contribution in [-0.2, 0) is 0 Å². The van der Waals surface area contributed by atoms with Crippen molar-refractivity contribution in [2.75, 3.05) is 0 Å². The van der Waals surface area contributed by atoms with E-state index in [0.717, 1.165) is 11.3 Å². The minimum atomic E-state index is -1.64. The minimum absolute atomic E-state index is 0.144. The highest BCUT2D eigenvalue weighted by Gasteiger charge is 2.15. The van der Waals surface area contributed by atoms with E-state index in [0.29, 0.717) is 0 Å². The number of aliphatic hydroxyl groups excluding tert-OH is 2. The molecular weight excluding hydrogens is 168 g/mol. The fourth-order valence-electron chi connectivity index (χ4n) is 0.754.